The molecule has 0 saturated heterocycles. The van der Waals surface area contributed by atoms with Crippen LogP contribution in [0.2, 0.25) is 0 Å². The average Bonchev–Trinajstić information content (AvgIpc) is 3.59. The summed E-state index contributed by atoms with van der Waals surface area (Å²) in [6.45, 7) is 0.666. The van der Waals surface area contributed by atoms with E-state index >= 15 is 0 Å². The zero-order valence-electron chi connectivity index (χ0n) is 16.4. The van der Waals surface area contributed by atoms with Crippen LogP contribution in [0.15, 0.2) is 46.9 Å². The summed E-state index contributed by atoms with van der Waals surface area (Å²) >= 11 is 3.32. The minimum Gasteiger partial charge on any atom is -0.490 e. The molecule has 0 heterocycles. The molecule has 0 spiro atoms. The standard InChI is InChI=1S/C21H22BrN3O5/c1-29-10-11-30-18-9-6-15(22)12-17(18)21(28)25-24-20(27)14-4-7-16(8-5-14)23-19(26)13-2-3-13/h4-9,12-13H,2-3,10-11H2,1H3,(H,23,26)(H,24,27)(H,25,28). The number of ether oxygens (including phenoxy) is 2. The molecule has 0 aliphatic heterocycles. The Balaban J connectivity index is 1.57. The molecule has 3 amide bonds. The molecule has 0 radical (unpaired) electrons. The van der Waals surface area contributed by atoms with Crippen molar-refractivity contribution in [3.05, 3.63) is 58.1 Å². The smallest absolute Gasteiger partial charge is 0.273 e. The van der Waals surface area contributed by atoms with Crippen molar-refractivity contribution in [1.29, 1.82) is 0 Å². The van der Waals surface area contributed by atoms with E-state index in [1.54, 1.807) is 49.6 Å². The molecule has 0 atom stereocenters. The summed E-state index contributed by atoms with van der Waals surface area (Å²) in [5, 5.41) is 2.81. The number of hydrogen-bond donors (Lipinski definition) is 3. The first-order chi connectivity index (χ1) is 14.5. The normalized spacial score (nSPS) is 12.7. The number of nitrogens with one attached hydrogen (secondary N) is 3. The molecule has 0 bridgehead atoms. The number of methoxy groups -OCH3 is 1. The second-order valence-electron chi connectivity index (χ2n) is 6.73. The van der Waals surface area contributed by atoms with Crippen molar-refractivity contribution < 1.29 is 23.9 Å². The Morgan fingerprint density at radius 2 is 1.70 bits per heavy atom. The van der Waals surface area contributed by atoms with Gasteiger partial charge < -0.3 is 14.8 Å². The zero-order chi connectivity index (χ0) is 21.5. The van der Waals surface area contributed by atoms with Gasteiger partial charge in [0.15, 0.2) is 0 Å². The number of benzene rings is 2. The molecule has 2 aromatic rings. The van der Waals surface area contributed by atoms with Crippen LogP contribution in [-0.4, -0.2) is 38.0 Å². The van der Waals surface area contributed by atoms with Crippen molar-refractivity contribution in [3.63, 3.8) is 0 Å². The molecule has 30 heavy (non-hydrogen) atoms. The van der Waals surface area contributed by atoms with Crippen LogP contribution in [0.4, 0.5) is 5.69 Å². The molecule has 0 aromatic heterocycles. The van der Waals surface area contributed by atoms with E-state index in [4.69, 9.17) is 9.47 Å². The lowest BCUT2D eigenvalue weighted by Crippen LogP contribution is -2.41. The monoisotopic (exact) mass is 475 g/mol. The van der Waals surface area contributed by atoms with Crippen LogP contribution in [0, 0.1) is 5.92 Å². The van der Waals surface area contributed by atoms with Crippen molar-refractivity contribution in [1.82, 2.24) is 10.9 Å². The number of hydrazine groups is 1. The number of carbonyl (C=O) groups excluding carboxylic acids is 3. The van der Waals surface area contributed by atoms with Crippen molar-refractivity contribution in [2.24, 2.45) is 5.92 Å². The van der Waals surface area contributed by atoms with Crippen LogP contribution in [0.1, 0.15) is 33.6 Å². The van der Waals surface area contributed by atoms with Gasteiger partial charge in [-0.15, -0.1) is 0 Å². The summed E-state index contributed by atoms with van der Waals surface area (Å²) in [6, 6.07) is 11.4. The van der Waals surface area contributed by atoms with Gasteiger partial charge in [-0.25, -0.2) is 0 Å². The molecule has 1 aliphatic carbocycles. The predicted octanol–water partition coefficient (Wildman–Crippen LogP) is 2.90. The Bertz CT molecular complexity index is 929. The fourth-order valence-electron chi connectivity index (χ4n) is 2.59. The molecule has 0 unspecified atom stereocenters. The van der Waals surface area contributed by atoms with Gasteiger partial charge in [0.1, 0.15) is 12.4 Å². The number of anilines is 1. The summed E-state index contributed by atoms with van der Waals surface area (Å²) in [5.41, 5.74) is 5.99. The maximum atomic E-state index is 12.5. The Hall–Kier alpha value is -2.91. The number of carbonyl (C=O) groups is 3. The first-order valence-corrected chi connectivity index (χ1v) is 10.2. The second kappa shape index (κ2) is 10.2. The van der Waals surface area contributed by atoms with Crippen LogP contribution >= 0.6 is 15.9 Å². The molecule has 3 rings (SSSR count). The fourth-order valence-corrected chi connectivity index (χ4v) is 2.95. The summed E-state index contributed by atoms with van der Waals surface area (Å²) in [6.07, 6.45) is 1.84. The Morgan fingerprint density at radius 3 is 2.37 bits per heavy atom. The molecule has 2 aromatic carbocycles. The minimum absolute atomic E-state index is 0.00277. The average molecular weight is 476 g/mol. The van der Waals surface area contributed by atoms with E-state index in [-0.39, 0.29) is 24.0 Å². The van der Waals surface area contributed by atoms with Crippen LogP contribution in [0.3, 0.4) is 0 Å². The van der Waals surface area contributed by atoms with Gasteiger partial charge >= 0.3 is 0 Å². The highest BCUT2D eigenvalue weighted by atomic mass is 79.9. The van der Waals surface area contributed by atoms with Gasteiger partial charge in [-0.1, -0.05) is 15.9 Å². The van der Waals surface area contributed by atoms with Crippen LogP contribution in [0.25, 0.3) is 0 Å². The van der Waals surface area contributed by atoms with E-state index in [0.717, 1.165) is 12.8 Å². The van der Waals surface area contributed by atoms with Gasteiger partial charge in [0.2, 0.25) is 5.91 Å². The van der Waals surface area contributed by atoms with Gasteiger partial charge in [-0.2, -0.15) is 0 Å². The first kappa shape index (κ1) is 21.8. The third-order valence-electron chi connectivity index (χ3n) is 4.38. The van der Waals surface area contributed by atoms with E-state index in [2.05, 4.69) is 32.1 Å². The molecular weight excluding hydrogens is 454 g/mol. The lowest BCUT2D eigenvalue weighted by atomic mass is 10.2. The first-order valence-electron chi connectivity index (χ1n) is 9.41. The molecule has 1 fully saturated rings. The molecule has 9 heteroatoms. The van der Waals surface area contributed by atoms with Gasteiger partial charge in [0.05, 0.1) is 12.2 Å². The number of halogens is 1. The number of amides is 3. The molecular formula is C21H22BrN3O5. The van der Waals surface area contributed by atoms with E-state index in [0.29, 0.717) is 28.1 Å². The van der Waals surface area contributed by atoms with Gasteiger partial charge in [-0.3, -0.25) is 25.2 Å². The highest BCUT2D eigenvalue weighted by Gasteiger charge is 2.29. The number of rotatable bonds is 8. The molecule has 3 N–H and O–H groups in total. The Kier molecular flexibility index (Phi) is 7.42. The van der Waals surface area contributed by atoms with Crippen LogP contribution < -0.4 is 20.9 Å². The van der Waals surface area contributed by atoms with E-state index in [1.165, 1.54) is 0 Å². The molecule has 158 valence electrons. The van der Waals surface area contributed by atoms with Crippen molar-refractivity contribution in [2.75, 3.05) is 25.6 Å². The maximum Gasteiger partial charge on any atom is 0.273 e. The Labute approximate surface area is 182 Å². The maximum absolute atomic E-state index is 12.5. The molecule has 1 saturated carbocycles. The summed E-state index contributed by atoms with van der Waals surface area (Å²) in [5.74, 6) is -0.537. The molecule has 8 nitrogen and oxygen atoms in total. The van der Waals surface area contributed by atoms with Crippen molar-refractivity contribution in [3.8, 4) is 5.75 Å². The van der Waals surface area contributed by atoms with Gasteiger partial charge in [0, 0.05) is 28.8 Å². The van der Waals surface area contributed by atoms with E-state index in [1.807, 2.05) is 0 Å². The summed E-state index contributed by atoms with van der Waals surface area (Å²) in [7, 11) is 1.56. The third-order valence-corrected chi connectivity index (χ3v) is 4.88. The highest BCUT2D eigenvalue weighted by molar-refractivity contribution is 9.10. The quantitative estimate of drug-likeness (QED) is 0.402. The highest BCUT2D eigenvalue weighted by Crippen LogP contribution is 2.30. The topological polar surface area (TPSA) is 106 Å². The zero-order valence-corrected chi connectivity index (χ0v) is 18.0. The van der Waals surface area contributed by atoms with Gasteiger partial charge in [-0.05, 0) is 55.3 Å². The third kappa shape index (κ3) is 6.04. The second-order valence-corrected chi connectivity index (χ2v) is 7.65. The van der Waals surface area contributed by atoms with E-state index in [9.17, 15) is 14.4 Å². The predicted molar refractivity (Wildman–Crippen MR) is 114 cm³/mol. The Morgan fingerprint density at radius 1 is 1.00 bits per heavy atom. The van der Waals surface area contributed by atoms with Crippen molar-refractivity contribution >= 4 is 39.3 Å². The largest absolute Gasteiger partial charge is 0.490 e. The minimum atomic E-state index is -0.523. The summed E-state index contributed by atoms with van der Waals surface area (Å²) in [4.78, 5) is 36.6. The summed E-state index contributed by atoms with van der Waals surface area (Å²) < 4.78 is 11.2. The van der Waals surface area contributed by atoms with Crippen molar-refractivity contribution in [2.45, 2.75) is 12.8 Å². The SMILES string of the molecule is COCCOc1ccc(Br)cc1C(=O)NNC(=O)c1ccc(NC(=O)C2CC2)cc1. The molecule has 1 aliphatic rings. The van der Waals surface area contributed by atoms with Crippen LogP contribution in [-0.2, 0) is 9.53 Å². The van der Waals surface area contributed by atoms with Crippen LogP contribution in [0.5, 0.6) is 5.75 Å². The van der Waals surface area contributed by atoms with E-state index < -0.39 is 11.8 Å². The van der Waals surface area contributed by atoms with Gasteiger partial charge in [0.25, 0.3) is 11.8 Å². The lowest BCUT2D eigenvalue weighted by Gasteiger charge is -2.13. The fraction of sp³-hybridized carbons (Fsp3) is 0.286. The lowest BCUT2D eigenvalue weighted by molar-refractivity contribution is -0.117. The number of hydrogen-bond acceptors (Lipinski definition) is 5.